The molecule has 1 aliphatic heterocycles. The zero-order valence-electron chi connectivity index (χ0n) is 9.11. The van der Waals surface area contributed by atoms with Crippen LogP contribution < -0.4 is 10.6 Å². The van der Waals surface area contributed by atoms with Crippen LogP contribution in [0.1, 0.15) is 19.8 Å². The van der Waals surface area contributed by atoms with Crippen molar-refractivity contribution in [1.29, 1.82) is 0 Å². The average Bonchev–Trinajstić information content (AvgIpc) is 2.17. The summed E-state index contributed by atoms with van der Waals surface area (Å²) in [6.45, 7) is 4.40. The van der Waals surface area contributed by atoms with Gasteiger partial charge in [-0.3, -0.25) is 0 Å². The second-order valence-corrected chi connectivity index (χ2v) is 4.44. The van der Waals surface area contributed by atoms with E-state index in [1.165, 1.54) is 12.8 Å². The first-order valence-corrected chi connectivity index (χ1v) is 5.50. The number of phenolic OH excluding ortho intramolecular Hbond substituents is 1. The molecule has 0 saturated carbocycles. The van der Waals surface area contributed by atoms with Gasteiger partial charge in [-0.1, -0.05) is 6.92 Å². The highest BCUT2D eigenvalue weighted by Gasteiger charge is 2.18. The summed E-state index contributed by atoms with van der Waals surface area (Å²) in [5.74, 6) is 0.966. The average molecular weight is 206 g/mol. The molecule has 1 aliphatic rings. The number of nitrogens with two attached hydrogens (primary N) is 1. The van der Waals surface area contributed by atoms with Crippen molar-refractivity contribution >= 4 is 11.4 Å². The van der Waals surface area contributed by atoms with E-state index in [2.05, 4.69) is 11.8 Å². The number of nitrogen functional groups attached to an aromatic ring is 1. The van der Waals surface area contributed by atoms with Crippen LogP contribution in [-0.2, 0) is 0 Å². The van der Waals surface area contributed by atoms with Gasteiger partial charge in [-0.15, -0.1) is 0 Å². The van der Waals surface area contributed by atoms with Gasteiger partial charge in [0.15, 0.2) is 0 Å². The van der Waals surface area contributed by atoms with Gasteiger partial charge in [0, 0.05) is 19.2 Å². The molecule has 0 amide bonds. The van der Waals surface area contributed by atoms with Crippen molar-refractivity contribution in [2.75, 3.05) is 23.7 Å². The van der Waals surface area contributed by atoms with Gasteiger partial charge in [0.1, 0.15) is 5.75 Å². The largest absolute Gasteiger partial charge is 0.508 e. The lowest BCUT2D eigenvalue weighted by atomic mass is 9.99. The number of piperidine rings is 1. The van der Waals surface area contributed by atoms with E-state index in [0.717, 1.165) is 24.7 Å². The number of hydrogen-bond acceptors (Lipinski definition) is 3. The Bertz CT molecular complexity index is 351. The van der Waals surface area contributed by atoms with Crippen molar-refractivity contribution in [1.82, 2.24) is 0 Å². The highest BCUT2D eigenvalue weighted by molar-refractivity contribution is 5.69. The Morgan fingerprint density at radius 2 is 2.27 bits per heavy atom. The minimum Gasteiger partial charge on any atom is -0.508 e. The molecule has 0 spiro atoms. The third-order valence-electron chi connectivity index (χ3n) is 3.01. The molecule has 3 N–H and O–H groups in total. The number of nitrogens with zero attached hydrogens (tertiary/aromatic N) is 1. The first-order valence-electron chi connectivity index (χ1n) is 5.50. The fourth-order valence-electron chi connectivity index (χ4n) is 2.24. The smallest absolute Gasteiger partial charge is 0.117 e. The number of rotatable bonds is 1. The zero-order valence-corrected chi connectivity index (χ0v) is 9.11. The molecule has 1 aromatic rings. The summed E-state index contributed by atoms with van der Waals surface area (Å²) in [6.07, 6.45) is 2.52. The van der Waals surface area contributed by atoms with Gasteiger partial charge in [0.25, 0.3) is 0 Å². The minimum atomic E-state index is 0.237. The molecule has 1 heterocycles. The predicted molar refractivity (Wildman–Crippen MR) is 63.1 cm³/mol. The van der Waals surface area contributed by atoms with Gasteiger partial charge >= 0.3 is 0 Å². The van der Waals surface area contributed by atoms with Crippen LogP contribution in [0.2, 0.25) is 0 Å². The Morgan fingerprint density at radius 3 is 2.93 bits per heavy atom. The van der Waals surface area contributed by atoms with Crippen molar-refractivity contribution in [2.45, 2.75) is 19.8 Å². The zero-order chi connectivity index (χ0) is 10.8. The number of anilines is 2. The Balaban J connectivity index is 2.21. The summed E-state index contributed by atoms with van der Waals surface area (Å²) in [7, 11) is 0. The molecule has 0 radical (unpaired) electrons. The molecule has 1 atom stereocenters. The molecule has 0 bridgehead atoms. The van der Waals surface area contributed by atoms with Gasteiger partial charge in [-0.2, -0.15) is 0 Å². The summed E-state index contributed by atoms with van der Waals surface area (Å²) in [4.78, 5) is 2.31. The normalized spacial score (nSPS) is 21.7. The van der Waals surface area contributed by atoms with Gasteiger partial charge in [0.2, 0.25) is 0 Å². The van der Waals surface area contributed by atoms with Crippen molar-refractivity contribution in [3.63, 3.8) is 0 Å². The molecular weight excluding hydrogens is 188 g/mol. The summed E-state index contributed by atoms with van der Waals surface area (Å²) < 4.78 is 0. The molecular formula is C12H18N2O. The lowest BCUT2D eigenvalue weighted by Gasteiger charge is -2.33. The monoisotopic (exact) mass is 206 g/mol. The van der Waals surface area contributed by atoms with Crippen LogP contribution in [0.25, 0.3) is 0 Å². The molecule has 3 nitrogen and oxygen atoms in total. The quantitative estimate of drug-likeness (QED) is 0.693. The maximum Gasteiger partial charge on any atom is 0.117 e. The number of benzene rings is 1. The topological polar surface area (TPSA) is 49.5 Å². The summed E-state index contributed by atoms with van der Waals surface area (Å²) >= 11 is 0. The van der Waals surface area contributed by atoms with Crippen LogP contribution in [-0.4, -0.2) is 18.2 Å². The van der Waals surface area contributed by atoms with E-state index in [-0.39, 0.29) is 5.75 Å². The Morgan fingerprint density at radius 1 is 1.47 bits per heavy atom. The first-order chi connectivity index (χ1) is 7.16. The lowest BCUT2D eigenvalue weighted by molar-refractivity contribution is 0.446. The van der Waals surface area contributed by atoms with E-state index >= 15 is 0 Å². The molecule has 2 rings (SSSR count). The van der Waals surface area contributed by atoms with Gasteiger partial charge in [-0.25, -0.2) is 0 Å². The second kappa shape index (κ2) is 4.01. The Labute approximate surface area is 90.5 Å². The second-order valence-electron chi connectivity index (χ2n) is 4.44. The van der Waals surface area contributed by atoms with Crippen LogP contribution in [0.5, 0.6) is 5.75 Å². The summed E-state index contributed by atoms with van der Waals surface area (Å²) in [6, 6.07) is 5.22. The third-order valence-corrected chi connectivity index (χ3v) is 3.01. The molecule has 15 heavy (non-hydrogen) atoms. The molecule has 0 aliphatic carbocycles. The van der Waals surface area contributed by atoms with Gasteiger partial charge < -0.3 is 15.7 Å². The summed E-state index contributed by atoms with van der Waals surface area (Å²) in [5, 5.41) is 9.29. The number of phenols is 1. The standard InChI is InChI=1S/C12H18N2O/c1-9-3-2-6-14(8-9)12-5-4-10(15)7-11(12)13/h4-5,7,9,15H,2-3,6,8,13H2,1H3. The molecule has 1 unspecified atom stereocenters. The fourth-order valence-corrected chi connectivity index (χ4v) is 2.24. The maximum absolute atomic E-state index is 9.29. The lowest BCUT2D eigenvalue weighted by Crippen LogP contribution is -2.34. The molecule has 1 saturated heterocycles. The Hall–Kier alpha value is -1.38. The Kier molecular flexibility index (Phi) is 2.71. The van der Waals surface area contributed by atoms with Crippen molar-refractivity contribution in [2.24, 2.45) is 5.92 Å². The van der Waals surface area contributed by atoms with Crippen molar-refractivity contribution < 1.29 is 5.11 Å². The van der Waals surface area contributed by atoms with E-state index in [1.54, 1.807) is 12.1 Å². The van der Waals surface area contributed by atoms with Crippen LogP contribution >= 0.6 is 0 Å². The third kappa shape index (κ3) is 2.17. The van der Waals surface area contributed by atoms with E-state index in [4.69, 9.17) is 5.73 Å². The molecule has 0 aromatic heterocycles. The summed E-state index contributed by atoms with van der Waals surface area (Å²) in [5.41, 5.74) is 7.62. The highest BCUT2D eigenvalue weighted by atomic mass is 16.3. The van der Waals surface area contributed by atoms with Crippen LogP contribution in [0, 0.1) is 5.92 Å². The van der Waals surface area contributed by atoms with E-state index < -0.39 is 0 Å². The van der Waals surface area contributed by atoms with Crippen LogP contribution in [0.15, 0.2) is 18.2 Å². The van der Waals surface area contributed by atoms with Gasteiger partial charge in [-0.05, 0) is 30.9 Å². The molecule has 1 aromatic carbocycles. The highest BCUT2D eigenvalue weighted by Crippen LogP contribution is 2.30. The van der Waals surface area contributed by atoms with Crippen LogP contribution in [0.4, 0.5) is 11.4 Å². The molecule has 1 fully saturated rings. The number of hydrogen-bond donors (Lipinski definition) is 2. The SMILES string of the molecule is CC1CCCN(c2ccc(O)cc2N)C1. The molecule has 82 valence electrons. The van der Waals surface area contributed by atoms with Gasteiger partial charge in [0.05, 0.1) is 11.4 Å². The van der Waals surface area contributed by atoms with E-state index in [0.29, 0.717) is 5.69 Å². The van der Waals surface area contributed by atoms with Crippen molar-refractivity contribution in [3.8, 4) is 5.75 Å². The first kappa shape index (κ1) is 10.1. The fraction of sp³-hybridized carbons (Fsp3) is 0.500. The maximum atomic E-state index is 9.29. The molecule has 3 heteroatoms. The predicted octanol–water partition coefficient (Wildman–Crippen LogP) is 2.21. The number of aromatic hydroxyl groups is 1. The van der Waals surface area contributed by atoms with E-state index in [1.807, 2.05) is 6.07 Å². The van der Waals surface area contributed by atoms with Crippen molar-refractivity contribution in [3.05, 3.63) is 18.2 Å². The van der Waals surface area contributed by atoms with E-state index in [9.17, 15) is 5.11 Å². The minimum absolute atomic E-state index is 0.237. The van der Waals surface area contributed by atoms with Crippen LogP contribution in [0.3, 0.4) is 0 Å².